The maximum absolute atomic E-state index is 4.88. The Morgan fingerprint density at radius 2 is 1.74 bits per heavy atom. The first kappa shape index (κ1) is 13.9. The minimum Gasteiger partial charge on any atom is -0.341 e. The van der Waals surface area contributed by atoms with Gasteiger partial charge in [0.1, 0.15) is 5.52 Å². The van der Waals surface area contributed by atoms with E-state index in [9.17, 15) is 0 Å². The van der Waals surface area contributed by atoms with Crippen LogP contribution in [-0.4, -0.2) is 38.9 Å². The maximum Gasteiger partial charge on any atom is 0.229 e. The lowest BCUT2D eigenvalue weighted by atomic mass is 10.2. The molecule has 0 spiro atoms. The van der Waals surface area contributed by atoms with Crippen LogP contribution in [0.5, 0.6) is 0 Å². The highest BCUT2D eigenvalue weighted by Gasteiger charge is 2.20. The van der Waals surface area contributed by atoms with E-state index >= 15 is 0 Å². The molecule has 0 atom stereocenters. The number of hydrogen-bond acceptors (Lipinski definition) is 3. The summed E-state index contributed by atoms with van der Waals surface area (Å²) < 4.78 is 1.86. The molecule has 5 nitrogen and oxygen atoms in total. The Labute approximate surface area is 135 Å². The van der Waals surface area contributed by atoms with E-state index in [4.69, 9.17) is 4.99 Å². The highest BCUT2D eigenvalue weighted by molar-refractivity contribution is 5.92. The van der Waals surface area contributed by atoms with Gasteiger partial charge < -0.3 is 4.90 Å². The molecule has 116 valence electrons. The topological polar surface area (TPSA) is 46.3 Å². The summed E-state index contributed by atoms with van der Waals surface area (Å²) in [4.78, 5) is 7.17. The van der Waals surface area contributed by atoms with Crippen molar-refractivity contribution in [2.45, 2.75) is 19.8 Å². The summed E-state index contributed by atoms with van der Waals surface area (Å²) in [5, 5.41) is 8.62. The standard InChI is InChI=1S/C18H19N5/c1-14-8-10-15(11-9-14)19-18(22-12-4-5-13-22)23-17-7-3-2-6-16(17)20-21-23/h2-3,6-11H,4-5,12-13H2,1H3. The van der Waals surface area contributed by atoms with Gasteiger partial charge in [0.15, 0.2) is 0 Å². The molecule has 0 saturated carbocycles. The Balaban J connectivity index is 1.83. The van der Waals surface area contributed by atoms with Crippen LogP contribution in [0.2, 0.25) is 0 Å². The molecule has 2 aromatic carbocycles. The van der Waals surface area contributed by atoms with Crippen molar-refractivity contribution in [1.82, 2.24) is 19.9 Å². The molecule has 1 aliphatic rings. The van der Waals surface area contributed by atoms with Gasteiger partial charge in [0.05, 0.1) is 11.2 Å². The third-order valence-electron chi connectivity index (χ3n) is 4.19. The van der Waals surface area contributed by atoms with E-state index < -0.39 is 0 Å². The second-order valence-corrected chi connectivity index (χ2v) is 5.93. The summed E-state index contributed by atoms with van der Waals surface area (Å²) in [6.45, 7) is 4.11. The molecule has 5 heteroatoms. The average molecular weight is 305 g/mol. The summed E-state index contributed by atoms with van der Waals surface area (Å²) in [7, 11) is 0. The van der Waals surface area contributed by atoms with E-state index in [2.05, 4.69) is 34.3 Å². The minimum absolute atomic E-state index is 0.861. The second kappa shape index (κ2) is 5.83. The third kappa shape index (κ3) is 2.70. The van der Waals surface area contributed by atoms with Crippen LogP contribution in [0.15, 0.2) is 53.5 Å². The van der Waals surface area contributed by atoms with Gasteiger partial charge in [0.2, 0.25) is 5.96 Å². The van der Waals surface area contributed by atoms with Crippen LogP contribution in [0.3, 0.4) is 0 Å². The smallest absolute Gasteiger partial charge is 0.229 e. The van der Waals surface area contributed by atoms with Crippen LogP contribution in [0.1, 0.15) is 18.4 Å². The largest absolute Gasteiger partial charge is 0.341 e. The van der Waals surface area contributed by atoms with Crippen LogP contribution >= 0.6 is 0 Å². The van der Waals surface area contributed by atoms with Gasteiger partial charge in [-0.3, -0.25) is 0 Å². The van der Waals surface area contributed by atoms with Gasteiger partial charge >= 0.3 is 0 Å². The van der Waals surface area contributed by atoms with E-state index in [1.54, 1.807) is 0 Å². The van der Waals surface area contributed by atoms with Crippen LogP contribution < -0.4 is 0 Å². The van der Waals surface area contributed by atoms with E-state index in [-0.39, 0.29) is 0 Å². The fourth-order valence-corrected chi connectivity index (χ4v) is 2.92. The summed E-state index contributed by atoms with van der Waals surface area (Å²) in [5.41, 5.74) is 4.06. The summed E-state index contributed by atoms with van der Waals surface area (Å²) in [6, 6.07) is 16.3. The fraction of sp³-hybridized carbons (Fsp3) is 0.278. The number of para-hydroxylation sites is 1. The number of hydrogen-bond donors (Lipinski definition) is 0. The first-order valence-electron chi connectivity index (χ1n) is 8.02. The molecule has 0 bridgehead atoms. The normalized spacial score (nSPS) is 15.5. The molecule has 0 radical (unpaired) electrons. The van der Waals surface area contributed by atoms with Gasteiger partial charge in [0, 0.05) is 13.1 Å². The fourth-order valence-electron chi connectivity index (χ4n) is 2.92. The van der Waals surface area contributed by atoms with Gasteiger partial charge in [-0.25, -0.2) is 4.99 Å². The van der Waals surface area contributed by atoms with E-state index in [1.165, 1.54) is 18.4 Å². The first-order valence-corrected chi connectivity index (χ1v) is 8.02. The quantitative estimate of drug-likeness (QED) is 0.511. The molecule has 1 saturated heterocycles. The number of fused-ring (bicyclic) bond motifs is 1. The monoisotopic (exact) mass is 305 g/mol. The van der Waals surface area contributed by atoms with Crippen molar-refractivity contribution in [2.75, 3.05) is 13.1 Å². The van der Waals surface area contributed by atoms with Crippen molar-refractivity contribution in [1.29, 1.82) is 0 Å². The average Bonchev–Trinajstić information content (AvgIpc) is 3.24. The predicted molar refractivity (Wildman–Crippen MR) is 92.0 cm³/mol. The van der Waals surface area contributed by atoms with Gasteiger partial charge in [-0.15, -0.1) is 5.10 Å². The summed E-state index contributed by atoms with van der Waals surface area (Å²) >= 11 is 0. The minimum atomic E-state index is 0.861. The molecule has 0 unspecified atom stereocenters. The molecule has 23 heavy (non-hydrogen) atoms. The molecule has 1 fully saturated rings. The molecule has 0 N–H and O–H groups in total. The Hall–Kier alpha value is -2.69. The SMILES string of the molecule is Cc1ccc(N=C(N2CCCC2)n2nnc3ccccc32)cc1. The lowest BCUT2D eigenvalue weighted by Gasteiger charge is -2.19. The van der Waals surface area contributed by atoms with Crippen LogP contribution in [-0.2, 0) is 0 Å². The summed E-state index contributed by atoms with van der Waals surface area (Å²) in [5.74, 6) is 0.861. The van der Waals surface area contributed by atoms with Gasteiger partial charge in [-0.05, 0) is 44.0 Å². The van der Waals surface area contributed by atoms with E-state index in [0.717, 1.165) is 35.8 Å². The van der Waals surface area contributed by atoms with Crippen molar-refractivity contribution in [2.24, 2.45) is 4.99 Å². The zero-order chi connectivity index (χ0) is 15.6. The molecule has 2 heterocycles. The molecular weight excluding hydrogens is 286 g/mol. The number of rotatable bonds is 1. The molecule has 3 aromatic rings. The second-order valence-electron chi connectivity index (χ2n) is 5.93. The predicted octanol–water partition coefficient (Wildman–Crippen LogP) is 3.37. The molecule has 1 aromatic heterocycles. The number of aromatic nitrogens is 3. The van der Waals surface area contributed by atoms with Crippen molar-refractivity contribution in [3.63, 3.8) is 0 Å². The van der Waals surface area contributed by atoms with Gasteiger partial charge in [0.25, 0.3) is 0 Å². The maximum atomic E-state index is 4.88. The first-order chi connectivity index (χ1) is 11.3. The zero-order valence-electron chi connectivity index (χ0n) is 13.2. The Bertz CT molecular complexity index is 841. The lowest BCUT2D eigenvalue weighted by Crippen LogP contribution is -2.34. The third-order valence-corrected chi connectivity index (χ3v) is 4.19. The van der Waals surface area contributed by atoms with Crippen molar-refractivity contribution in [3.05, 3.63) is 54.1 Å². The summed E-state index contributed by atoms with van der Waals surface area (Å²) in [6.07, 6.45) is 2.39. The Morgan fingerprint density at radius 3 is 2.52 bits per heavy atom. The number of benzene rings is 2. The highest BCUT2D eigenvalue weighted by atomic mass is 15.5. The van der Waals surface area contributed by atoms with Crippen LogP contribution in [0.25, 0.3) is 11.0 Å². The number of nitrogens with zero attached hydrogens (tertiary/aromatic N) is 5. The zero-order valence-corrected chi connectivity index (χ0v) is 13.2. The van der Waals surface area contributed by atoms with Crippen molar-refractivity contribution < 1.29 is 0 Å². The highest BCUT2D eigenvalue weighted by Crippen LogP contribution is 2.19. The van der Waals surface area contributed by atoms with E-state index in [0.29, 0.717) is 0 Å². The Morgan fingerprint density at radius 1 is 1.00 bits per heavy atom. The van der Waals surface area contributed by atoms with Crippen LogP contribution in [0, 0.1) is 6.92 Å². The molecular formula is C18H19N5. The van der Waals surface area contributed by atoms with Crippen LogP contribution in [0.4, 0.5) is 5.69 Å². The number of aliphatic imine (C=N–C) groups is 1. The molecule has 1 aliphatic heterocycles. The Kier molecular flexibility index (Phi) is 3.54. The van der Waals surface area contributed by atoms with Crippen molar-refractivity contribution >= 4 is 22.7 Å². The number of likely N-dealkylation sites (tertiary alicyclic amines) is 1. The van der Waals surface area contributed by atoms with Crippen molar-refractivity contribution in [3.8, 4) is 0 Å². The van der Waals surface area contributed by atoms with Gasteiger partial charge in [-0.1, -0.05) is 35.0 Å². The number of aryl methyl sites for hydroxylation is 1. The van der Waals surface area contributed by atoms with Gasteiger partial charge in [-0.2, -0.15) is 4.68 Å². The van der Waals surface area contributed by atoms with E-state index in [1.807, 2.05) is 41.1 Å². The molecule has 4 rings (SSSR count). The molecule has 0 amide bonds. The molecule has 0 aliphatic carbocycles. The lowest BCUT2D eigenvalue weighted by molar-refractivity contribution is 0.493.